The van der Waals surface area contributed by atoms with Gasteiger partial charge in [-0.2, -0.15) is 4.98 Å². The van der Waals surface area contributed by atoms with E-state index in [9.17, 15) is 4.79 Å². The summed E-state index contributed by atoms with van der Waals surface area (Å²) in [6, 6.07) is 13.5. The van der Waals surface area contributed by atoms with Crippen molar-refractivity contribution in [3.63, 3.8) is 0 Å². The molecule has 0 aliphatic heterocycles. The molecule has 0 fully saturated rings. The van der Waals surface area contributed by atoms with Crippen molar-refractivity contribution in [2.75, 3.05) is 27.7 Å². The predicted molar refractivity (Wildman–Crippen MR) is 97.8 cm³/mol. The van der Waals surface area contributed by atoms with E-state index in [2.05, 4.69) is 15.0 Å². The Balaban J connectivity index is 1.91. The van der Waals surface area contributed by atoms with Crippen LogP contribution in [-0.2, 0) is 0 Å². The molecule has 1 atom stereocenters. The topological polar surface area (TPSA) is 53.7 Å². The van der Waals surface area contributed by atoms with Crippen LogP contribution in [0.2, 0.25) is 5.28 Å². The number of rotatable bonds is 5. The highest BCUT2D eigenvalue weighted by molar-refractivity contribution is 6.28. The average molecular weight is 358 g/mol. The molecular formula is C18H20ClN5O. The van der Waals surface area contributed by atoms with Crippen molar-refractivity contribution in [3.05, 3.63) is 65.1 Å². The lowest BCUT2D eigenvalue weighted by atomic mass is 10.0. The minimum Gasteiger partial charge on any atom is -0.333 e. The Bertz CT molecular complexity index is 878. The number of pyridine rings is 1. The van der Waals surface area contributed by atoms with Crippen LogP contribution in [0.5, 0.6) is 0 Å². The zero-order valence-corrected chi connectivity index (χ0v) is 15.2. The first-order valence-corrected chi connectivity index (χ1v) is 8.32. The summed E-state index contributed by atoms with van der Waals surface area (Å²) < 4.78 is 1.52. The lowest BCUT2D eigenvalue weighted by Gasteiger charge is -2.31. The normalized spacial score (nSPS) is 12.5. The van der Waals surface area contributed by atoms with Crippen LogP contribution >= 0.6 is 11.6 Å². The van der Waals surface area contributed by atoms with Gasteiger partial charge in [-0.15, -0.1) is 5.10 Å². The summed E-state index contributed by atoms with van der Waals surface area (Å²) in [5.41, 5.74) is 2.24. The summed E-state index contributed by atoms with van der Waals surface area (Å²) in [6.45, 7) is 0.726. The molecule has 25 heavy (non-hydrogen) atoms. The third-order valence-electron chi connectivity index (χ3n) is 4.06. The van der Waals surface area contributed by atoms with Crippen molar-refractivity contribution in [2.45, 2.75) is 6.04 Å². The van der Waals surface area contributed by atoms with Crippen molar-refractivity contribution >= 4 is 23.2 Å². The molecule has 0 radical (unpaired) electrons. The van der Waals surface area contributed by atoms with Crippen LogP contribution in [0.25, 0.3) is 5.65 Å². The van der Waals surface area contributed by atoms with E-state index in [1.807, 2.05) is 51.5 Å². The molecule has 0 saturated heterocycles. The highest BCUT2D eigenvalue weighted by atomic mass is 35.5. The van der Waals surface area contributed by atoms with E-state index in [-0.39, 0.29) is 17.2 Å². The van der Waals surface area contributed by atoms with Crippen LogP contribution in [0.1, 0.15) is 22.0 Å². The van der Waals surface area contributed by atoms with Gasteiger partial charge in [0.25, 0.3) is 5.91 Å². The van der Waals surface area contributed by atoms with E-state index in [0.717, 1.165) is 12.1 Å². The molecule has 0 aliphatic rings. The molecule has 1 amide bonds. The SMILES string of the molecule is CN(C)CC(c1ccccc1)N(C)C(=O)c1ccc2nc(Cl)nn2c1. The Morgan fingerprint density at radius 3 is 2.56 bits per heavy atom. The summed E-state index contributed by atoms with van der Waals surface area (Å²) in [6.07, 6.45) is 1.66. The van der Waals surface area contributed by atoms with Gasteiger partial charge >= 0.3 is 0 Å². The molecule has 130 valence electrons. The van der Waals surface area contributed by atoms with Gasteiger partial charge in [-0.1, -0.05) is 30.3 Å². The smallest absolute Gasteiger partial charge is 0.255 e. The zero-order chi connectivity index (χ0) is 18.0. The second-order valence-electron chi connectivity index (χ2n) is 6.21. The molecular weight excluding hydrogens is 338 g/mol. The van der Waals surface area contributed by atoms with Crippen molar-refractivity contribution in [3.8, 4) is 0 Å². The quantitative estimate of drug-likeness (QED) is 0.704. The minimum absolute atomic E-state index is 0.0567. The Hall–Kier alpha value is -2.44. The maximum Gasteiger partial charge on any atom is 0.255 e. The number of aromatic nitrogens is 3. The van der Waals surface area contributed by atoms with E-state index in [4.69, 9.17) is 11.6 Å². The fourth-order valence-corrected chi connectivity index (χ4v) is 2.97. The third kappa shape index (κ3) is 3.81. The Morgan fingerprint density at radius 1 is 1.16 bits per heavy atom. The number of carbonyl (C=O) groups is 1. The maximum absolute atomic E-state index is 13.0. The number of hydrogen-bond acceptors (Lipinski definition) is 4. The van der Waals surface area contributed by atoms with Gasteiger partial charge in [-0.05, 0) is 43.4 Å². The van der Waals surface area contributed by atoms with Gasteiger partial charge in [-0.25, -0.2) is 4.52 Å². The van der Waals surface area contributed by atoms with E-state index < -0.39 is 0 Å². The minimum atomic E-state index is -0.0794. The standard InChI is InChI=1S/C18H20ClN5O/c1-22(2)12-15(13-7-5-4-6-8-13)23(3)17(25)14-9-10-16-20-18(19)21-24(16)11-14/h4-11,15H,12H2,1-3H3. The first-order chi connectivity index (χ1) is 12.0. The van der Waals surface area contributed by atoms with Gasteiger partial charge in [-0.3, -0.25) is 4.79 Å². The fourth-order valence-electron chi connectivity index (χ4n) is 2.80. The van der Waals surface area contributed by atoms with Crippen LogP contribution in [-0.4, -0.2) is 58.0 Å². The fraction of sp³-hybridized carbons (Fsp3) is 0.278. The van der Waals surface area contributed by atoms with Gasteiger partial charge < -0.3 is 9.80 Å². The molecule has 0 saturated carbocycles. The molecule has 3 rings (SSSR count). The summed E-state index contributed by atoms with van der Waals surface area (Å²) in [7, 11) is 5.82. The van der Waals surface area contributed by atoms with Crippen molar-refractivity contribution < 1.29 is 4.79 Å². The lowest BCUT2D eigenvalue weighted by molar-refractivity contribution is 0.0704. The molecule has 0 aliphatic carbocycles. The van der Waals surface area contributed by atoms with Crippen molar-refractivity contribution in [2.24, 2.45) is 0 Å². The Kier molecular flexibility index (Phi) is 5.01. The number of amides is 1. The van der Waals surface area contributed by atoms with Crippen LogP contribution in [0.15, 0.2) is 48.7 Å². The molecule has 0 spiro atoms. The molecule has 1 unspecified atom stereocenters. The van der Waals surface area contributed by atoms with Crippen LogP contribution in [0, 0.1) is 0 Å². The monoisotopic (exact) mass is 357 g/mol. The first-order valence-electron chi connectivity index (χ1n) is 7.94. The summed E-state index contributed by atoms with van der Waals surface area (Å²) in [5.74, 6) is -0.0794. The van der Waals surface area contributed by atoms with Gasteiger partial charge in [0.1, 0.15) is 0 Å². The van der Waals surface area contributed by atoms with Crippen molar-refractivity contribution in [1.29, 1.82) is 0 Å². The molecule has 2 aromatic heterocycles. The number of nitrogens with zero attached hydrogens (tertiary/aromatic N) is 5. The maximum atomic E-state index is 13.0. The second kappa shape index (κ2) is 7.21. The van der Waals surface area contributed by atoms with E-state index in [1.165, 1.54) is 4.52 Å². The first kappa shape index (κ1) is 17.4. The van der Waals surface area contributed by atoms with Crippen molar-refractivity contribution in [1.82, 2.24) is 24.4 Å². The number of hydrogen-bond donors (Lipinski definition) is 0. The molecule has 0 N–H and O–H groups in total. The number of likely N-dealkylation sites (N-methyl/N-ethyl adjacent to an activating group) is 2. The number of benzene rings is 1. The van der Waals surface area contributed by atoms with Gasteiger partial charge in [0.05, 0.1) is 11.6 Å². The average Bonchev–Trinajstić information content (AvgIpc) is 2.98. The number of halogens is 1. The van der Waals surface area contributed by atoms with Crippen LogP contribution in [0.3, 0.4) is 0 Å². The molecule has 1 aromatic carbocycles. The van der Waals surface area contributed by atoms with Gasteiger partial charge in [0.2, 0.25) is 5.28 Å². The molecule has 2 heterocycles. The van der Waals surface area contributed by atoms with Crippen LogP contribution in [0.4, 0.5) is 0 Å². The lowest BCUT2D eigenvalue weighted by Crippen LogP contribution is -2.37. The van der Waals surface area contributed by atoms with E-state index in [1.54, 1.807) is 23.2 Å². The van der Waals surface area contributed by atoms with E-state index in [0.29, 0.717) is 11.2 Å². The molecule has 7 heteroatoms. The highest BCUT2D eigenvalue weighted by Gasteiger charge is 2.23. The summed E-state index contributed by atoms with van der Waals surface area (Å²) in [4.78, 5) is 20.9. The third-order valence-corrected chi connectivity index (χ3v) is 4.22. The molecule has 6 nitrogen and oxygen atoms in total. The largest absolute Gasteiger partial charge is 0.333 e. The predicted octanol–water partition coefficient (Wildman–Crippen LogP) is 2.76. The Labute approximate surface area is 151 Å². The number of carbonyl (C=O) groups excluding carboxylic acids is 1. The summed E-state index contributed by atoms with van der Waals surface area (Å²) in [5, 5.41) is 4.22. The highest BCUT2D eigenvalue weighted by Crippen LogP contribution is 2.22. The van der Waals surface area contributed by atoms with Crippen LogP contribution < -0.4 is 0 Å². The Morgan fingerprint density at radius 2 is 1.88 bits per heavy atom. The zero-order valence-electron chi connectivity index (χ0n) is 14.4. The summed E-state index contributed by atoms with van der Waals surface area (Å²) >= 11 is 5.82. The second-order valence-corrected chi connectivity index (χ2v) is 6.54. The molecule has 0 bridgehead atoms. The van der Waals surface area contributed by atoms with E-state index >= 15 is 0 Å². The number of fused-ring (bicyclic) bond motifs is 1. The van der Waals surface area contributed by atoms with Gasteiger partial charge in [0.15, 0.2) is 5.65 Å². The van der Waals surface area contributed by atoms with Gasteiger partial charge in [0, 0.05) is 19.8 Å². The molecule has 3 aromatic rings.